The average Bonchev–Trinajstić information content (AvgIpc) is 2.71. The van der Waals surface area contributed by atoms with E-state index in [9.17, 15) is 0 Å². The molecule has 1 fully saturated rings. The molecule has 19 heavy (non-hydrogen) atoms. The monoisotopic (exact) mass is 259 g/mol. The molecule has 106 valence electrons. The van der Waals surface area contributed by atoms with Crippen LogP contribution in [0.5, 0.6) is 0 Å². The minimum absolute atomic E-state index is 0.402. The van der Waals surface area contributed by atoms with Gasteiger partial charge in [-0.1, -0.05) is 65.8 Å². The zero-order valence-corrected chi connectivity index (χ0v) is 13.5. The van der Waals surface area contributed by atoms with Crippen molar-refractivity contribution in [3.05, 3.63) is 35.4 Å². The Morgan fingerprint density at radius 3 is 1.63 bits per heavy atom. The Morgan fingerprint density at radius 1 is 0.842 bits per heavy atom. The van der Waals surface area contributed by atoms with Crippen molar-refractivity contribution in [3.8, 4) is 0 Å². The van der Waals surface area contributed by atoms with Gasteiger partial charge in [0.15, 0.2) is 0 Å². The molecule has 1 aromatic rings. The molecule has 0 heterocycles. The van der Waals surface area contributed by atoms with E-state index in [1.54, 1.807) is 0 Å². The maximum Gasteiger partial charge on any atom is 0.0294 e. The molecule has 1 unspecified atom stereocenters. The van der Waals surface area contributed by atoms with Gasteiger partial charge in [-0.25, -0.2) is 0 Å². The number of hydrogen-bond donors (Lipinski definition) is 1. The quantitative estimate of drug-likeness (QED) is 0.811. The highest BCUT2D eigenvalue weighted by Gasteiger charge is 2.64. The Morgan fingerprint density at radius 2 is 1.26 bits per heavy atom. The number of benzene rings is 1. The Kier molecular flexibility index (Phi) is 3.55. The van der Waals surface area contributed by atoms with E-state index in [2.05, 4.69) is 78.0 Å². The molecule has 1 aliphatic carbocycles. The van der Waals surface area contributed by atoms with Gasteiger partial charge in [-0.2, -0.15) is 0 Å². The van der Waals surface area contributed by atoms with E-state index < -0.39 is 0 Å². The summed E-state index contributed by atoms with van der Waals surface area (Å²) in [6.07, 6.45) is 0. The van der Waals surface area contributed by atoms with Crippen molar-refractivity contribution in [2.24, 2.45) is 10.8 Å². The van der Waals surface area contributed by atoms with Crippen molar-refractivity contribution in [2.45, 2.75) is 66.5 Å². The molecule has 1 aliphatic rings. The second-order valence-corrected chi connectivity index (χ2v) is 7.59. The highest BCUT2D eigenvalue weighted by molar-refractivity contribution is 5.28. The topological polar surface area (TPSA) is 12.0 Å². The predicted octanol–water partition coefficient (Wildman–Crippen LogP) is 4.90. The van der Waals surface area contributed by atoms with Gasteiger partial charge in [-0.15, -0.1) is 0 Å². The molecule has 0 amide bonds. The molecule has 0 bridgehead atoms. The molecule has 1 aromatic carbocycles. The fourth-order valence-corrected chi connectivity index (χ4v) is 3.13. The van der Waals surface area contributed by atoms with Crippen molar-refractivity contribution < 1.29 is 0 Å². The van der Waals surface area contributed by atoms with Gasteiger partial charge >= 0.3 is 0 Å². The van der Waals surface area contributed by atoms with Gasteiger partial charge < -0.3 is 5.32 Å². The van der Waals surface area contributed by atoms with Crippen LogP contribution in [0.4, 0.5) is 0 Å². The predicted molar refractivity (Wildman–Crippen MR) is 83.4 cm³/mol. The summed E-state index contributed by atoms with van der Waals surface area (Å²) in [6.45, 7) is 16.2. The first-order valence-corrected chi connectivity index (χ1v) is 7.54. The molecule has 0 aliphatic heterocycles. The Hall–Kier alpha value is -0.820. The number of hydrogen-bond acceptors (Lipinski definition) is 1. The molecule has 0 radical (unpaired) electrons. The molecule has 1 nitrogen and oxygen atoms in total. The highest BCUT2D eigenvalue weighted by atomic mass is 15.1. The normalized spacial score (nSPS) is 22.5. The standard InChI is InChI=1S/C18H29N/c1-12(2)14-8-10-15(11-9-14)13(3)19-16-17(4,5)18(16,6)7/h8-13,16,19H,1-7H3. The van der Waals surface area contributed by atoms with Crippen LogP contribution >= 0.6 is 0 Å². The summed E-state index contributed by atoms with van der Waals surface area (Å²) in [7, 11) is 0. The minimum Gasteiger partial charge on any atom is -0.306 e. The van der Waals surface area contributed by atoms with Gasteiger partial charge in [0.05, 0.1) is 0 Å². The van der Waals surface area contributed by atoms with Crippen molar-refractivity contribution in [1.29, 1.82) is 0 Å². The fraction of sp³-hybridized carbons (Fsp3) is 0.667. The molecule has 1 heteroatoms. The van der Waals surface area contributed by atoms with Gasteiger partial charge in [0, 0.05) is 12.1 Å². The molecule has 1 saturated carbocycles. The van der Waals surface area contributed by atoms with E-state index >= 15 is 0 Å². The fourth-order valence-electron chi connectivity index (χ4n) is 3.13. The van der Waals surface area contributed by atoms with Crippen LogP contribution < -0.4 is 5.32 Å². The lowest BCUT2D eigenvalue weighted by Crippen LogP contribution is -2.25. The van der Waals surface area contributed by atoms with Crippen molar-refractivity contribution in [2.75, 3.05) is 0 Å². The number of rotatable bonds is 4. The van der Waals surface area contributed by atoms with Gasteiger partial charge in [0.2, 0.25) is 0 Å². The molecule has 0 spiro atoms. The summed E-state index contributed by atoms with van der Waals surface area (Å²) in [5, 5.41) is 3.80. The maximum atomic E-state index is 3.80. The lowest BCUT2D eigenvalue weighted by atomic mass is 9.99. The van der Waals surface area contributed by atoms with Crippen LogP contribution in [0.1, 0.15) is 71.6 Å². The summed E-state index contributed by atoms with van der Waals surface area (Å²) in [5.41, 5.74) is 3.61. The Bertz CT molecular complexity index is 425. The zero-order valence-electron chi connectivity index (χ0n) is 13.5. The van der Waals surface area contributed by atoms with Crippen LogP contribution in [0.15, 0.2) is 24.3 Å². The average molecular weight is 259 g/mol. The highest BCUT2D eigenvalue weighted by Crippen LogP contribution is 2.63. The van der Waals surface area contributed by atoms with Gasteiger partial charge in [0.1, 0.15) is 0 Å². The van der Waals surface area contributed by atoms with Crippen molar-refractivity contribution in [1.82, 2.24) is 5.32 Å². The first-order chi connectivity index (χ1) is 8.68. The summed E-state index contributed by atoms with van der Waals surface area (Å²) >= 11 is 0. The largest absolute Gasteiger partial charge is 0.306 e. The second kappa shape index (κ2) is 4.63. The van der Waals surface area contributed by atoms with Crippen LogP contribution in [-0.4, -0.2) is 6.04 Å². The van der Waals surface area contributed by atoms with Crippen LogP contribution in [0, 0.1) is 10.8 Å². The number of nitrogens with one attached hydrogen (secondary N) is 1. The summed E-state index contributed by atoms with van der Waals surface area (Å²) in [6, 6.07) is 10.1. The molecular weight excluding hydrogens is 230 g/mol. The minimum atomic E-state index is 0.402. The maximum absolute atomic E-state index is 3.80. The summed E-state index contributed by atoms with van der Waals surface area (Å²) in [4.78, 5) is 0. The molecule has 1 atom stereocenters. The third-order valence-electron chi connectivity index (χ3n) is 5.54. The third kappa shape index (κ3) is 2.45. The van der Waals surface area contributed by atoms with E-state index in [1.807, 2.05) is 0 Å². The lowest BCUT2D eigenvalue weighted by Gasteiger charge is -2.17. The Balaban J connectivity index is 2.03. The molecule has 0 saturated heterocycles. The molecule has 0 aromatic heterocycles. The SMILES string of the molecule is CC(C)c1ccc(C(C)NC2C(C)(C)C2(C)C)cc1. The molecular formula is C18H29N. The first kappa shape index (κ1) is 14.6. The van der Waals surface area contributed by atoms with Crippen molar-refractivity contribution in [3.63, 3.8) is 0 Å². The van der Waals surface area contributed by atoms with E-state index in [4.69, 9.17) is 0 Å². The van der Waals surface area contributed by atoms with Crippen molar-refractivity contribution >= 4 is 0 Å². The summed E-state index contributed by atoms with van der Waals surface area (Å²) < 4.78 is 0. The van der Waals surface area contributed by atoms with Crippen LogP contribution in [0.2, 0.25) is 0 Å². The van der Waals surface area contributed by atoms with Gasteiger partial charge in [0.25, 0.3) is 0 Å². The van der Waals surface area contributed by atoms with E-state index in [-0.39, 0.29) is 0 Å². The van der Waals surface area contributed by atoms with Crippen LogP contribution in [0.25, 0.3) is 0 Å². The second-order valence-electron chi connectivity index (χ2n) is 7.59. The van der Waals surface area contributed by atoms with Crippen LogP contribution in [-0.2, 0) is 0 Å². The lowest BCUT2D eigenvalue weighted by molar-refractivity contribution is 0.457. The van der Waals surface area contributed by atoms with Crippen LogP contribution in [0.3, 0.4) is 0 Å². The van der Waals surface area contributed by atoms with Gasteiger partial charge in [-0.05, 0) is 34.8 Å². The molecule has 1 N–H and O–H groups in total. The van der Waals surface area contributed by atoms with Gasteiger partial charge in [-0.3, -0.25) is 0 Å². The summed E-state index contributed by atoms with van der Waals surface area (Å²) in [5.74, 6) is 0.610. The zero-order chi connectivity index (χ0) is 14.4. The molecule has 2 rings (SSSR count). The first-order valence-electron chi connectivity index (χ1n) is 7.54. The van der Waals surface area contributed by atoms with E-state index in [0.717, 1.165) is 0 Å². The third-order valence-corrected chi connectivity index (χ3v) is 5.54. The smallest absolute Gasteiger partial charge is 0.0294 e. The Labute approximate surface area is 118 Å². The van der Waals surface area contributed by atoms with E-state index in [1.165, 1.54) is 11.1 Å². The van der Waals surface area contributed by atoms with E-state index in [0.29, 0.717) is 28.8 Å².